The lowest BCUT2D eigenvalue weighted by Gasteiger charge is -2.32. The van der Waals surface area contributed by atoms with Crippen LogP contribution in [0.4, 0.5) is 0 Å². The SMILES string of the molecule is N[C@H]1CC[C@](O)(CO)CC1. The van der Waals surface area contributed by atoms with E-state index in [1.165, 1.54) is 0 Å². The van der Waals surface area contributed by atoms with Crippen molar-refractivity contribution in [2.45, 2.75) is 37.3 Å². The molecule has 0 heterocycles. The Labute approximate surface area is 60.9 Å². The molecule has 4 N–H and O–H groups in total. The molecule has 0 unspecified atom stereocenters. The van der Waals surface area contributed by atoms with Crippen LogP contribution in [0.5, 0.6) is 0 Å². The molecule has 0 saturated heterocycles. The first-order chi connectivity index (χ1) is 4.66. The molecular weight excluding hydrogens is 130 g/mol. The summed E-state index contributed by atoms with van der Waals surface area (Å²) < 4.78 is 0. The lowest BCUT2D eigenvalue weighted by molar-refractivity contribution is -0.0450. The predicted molar refractivity (Wildman–Crippen MR) is 38.5 cm³/mol. The molecular formula is C7H15NO2. The van der Waals surface area contributed by atoms with Crippen LogP contribution in [0.25, 0.3) is 0 Å². The Morgan fingerprint density at radius 2 is 1.90 bits per heavy atom. The van der Waals surface area contributed by atoms with Gasteiger partial charge in [-0.3, -0.25) is 0 Å². The predicted octanol–water partition coefficient (Wildman–Crippen LogP) is -0.389. The van der Waals surface area contributed by atoms with Gasteiger partial charge in [0.25, 0.3) is 0 Å². The van der Waals surface area contributed by atoms with Gasteiger partial charge in [-0.05, 0) is 25.7 Å². The molecule has 0 aliphatic heterocycles. The van der Waals surface area contributed by atoms with Crippen LogP contribution in [0.3, 0.4) is 0 Å². The van der Waals surface area contributed by atoms with Crippen molar-refractivity contribution >= 4 is 0 Å². The molecule has 60 valence electrons. The van der Waals surface area contributed by atoms with E-state index in [9.17, 15) is 5.11 Å². The Morgan fingerprint density at radius 3 is 2.30 bits per heavy atom. The van der Waals surface area contributed by atoms with Gasteiger partial charge in [-0.25, -0.2) is 0 Å². The van der Waals surface area contributed by atoms with Crippen molar-refractivity contribution in [1.29, 1.82) is 0 Å². The van der Waals surface area contributed by atoms with Gasteiger partial charge >= 0.3 is 0 Å². The van der Waals surface area contributed by atoms with E-state index in [1.807, 2.05) is 0 Å². The molecule has 1 aliphatic carbocycles. The fraction of sp³-hybridized carbons (Fsp3) is 1.00. The summed E-state index contributed by atoms with van der Waals surface area (Å²) in [5.74, 6) is 0. The van der Waals surface area contributed by atoms with Crippen molar-refractivity contribution < 1.29 is 10.2 Å². The molecule has 3 heteroatoms. The Bertz CT molecular complexity index is 108. The highest BCUT2D eigenvalue weighted by Gasteiger charge is 2.30. The van der Waals surface area contributed by atoms with Gasteiger partial charge in [0.2, 0.25) is 0 Å². The van der Waals surface area contributed by atoms with E-state index < -0.39 is 5.60 Å². The maximum Gasteiger partial charge on any atom is 0.0878 e. The molecule has 10 heavy (non-hydrogen) atoms. The lowest BCUT2D eigenvalue weighted by atomic mass is 9.83. The Kier molecular flexibility index (Phi) is 2.28. The van der Waals surface area contributed by atoms with Crippen LogP contribution in [0.15, 0.2) is 0 Å². The first kappa shape index (κ1) is 7.98. The minimum atomic E-state index is -0.824. The van der Waals surface area contributed by atoms with Gasteiger partial charge in [-0.1, -0.05) is 0 Å². The molecule has 3 nitrogen and oxygen atoms in total. The van der Waals surface area contributed by atoms with Crippen molar-refractivity contribution in [3.63, 3.8) is 0 Å². The summed E-state index contributed by atoms with van der Waals surface area (Å²) in [7, 11) is 0. The summed E-state index contributed by atoms with van der Waals surface area (Å²) in [6.07, 6.45) is 2.95. The largest absolute Gasteiger partial charge is 0.393 e. The summed E-state index contributed by atoms with van der Waals surface area (Å²) in [5, 5.41) is 18.2. The highest BCUT2D eigenvalue weighted by atomic mass is 16.3. The molecule has 0 bridgehead atoms. The maximum absolute atomic E-state index is 9.49. The molecule has 0 aromatic carbocycles. The fourth-order valence-electron chi connectivity index (χ4n) is 1.34. The summed E-state index contributed by atoms with van der Waals surface area (Å²) >= 11 is 0. The second kappa shape index (κ2) is 2.86. The van der Waals surface area contributed by atoms with Crippen molar-refractivity contribution in [2.24, 2.45) is 5.73 Å². The van der Waals surface area contributed by atoms with Crippen LogP contribution in [-0.2, 0) is 0 Å². The second-order valence-electron chi connectivity index (χ2n) is 3.22. The number of aliphatic hydroxyl groups excluding tert-OH is 1. The lowest BCUT2D eigenvalue weighted by Crippen LogP contribution is -2.41. The molecule has 1 rings (SSSR count). The molecule has 0 atom stereocenters. The molecule has 0 aromatic heterocycles. The van der Waals surface area contributed by atoms with E-state index in [4.69, 9.17) is 10.8 Å². The van der Waals surface area contributed by atoms with Gasteiger partial charge in [0.15, 0.2) is 0 Å². The summed E-state index contributed by atoms with van der Waals surface area (Å²) in [5.41, 5.74) is 4.79. The van der Waals surface area contributed by atoms with E-state index in [0.29, 0.717) is 12.8 Å². The molecule has 1 aliphatic rings. The summed E-state index contributed by atoms with van der Waals surface area (Å²) in [6, 6.07) is 0.229. The van der Waals surface area contributed by atoms with Crippen LogP contribution in [-0.4, -0.2) is 28.5 Å². The van der Waals surface area contributed by atoms with E-state index in [0.717, 1.165) is 12.8 Å². The molecule has 0 amide bonds. The smallest absolute Gasteiger partial charge is 0.0878 e. The van der Waals surface area contributed by atoms with Crippen LogP contribution in [0, 0.1) is 0 Å². The zero-order chi connectivity index (χ0) is 7.61. The van der Waals surface area contributed by atoms with Crippen LogP contribution >= 0.6 is 0 Å². The maximum atomic E-state index is 9.49. The Morgan fingerprint density at radius 1 is 1.40 bits per heavy atom. The number of aliphatic hydroxyl groups is 2. The third-order valence-corrected chi connectivity index (χ3v) is 2.26. The zero-order valence-corrected chi connectivity index (χ0v) is 6.08. The van der Waals surface area contributed by atoms with Crippen molar-refractivity contribution in [2.75, 3.05) is 6.61 Å². The van der Waals surface area contributed by atoms with Crippen LogP contribution in [0.1, 0.15) is 25.7 Å². The highest BCUT2D eigenvalue weighted by molar-refractivity contribution is 4.85. The number of hydrogen-bond donors (Lipinski definition) is 3. The van der Waals surface area contributed by atoms with Gasteiger partial charge in [-0.15, -0.1) is 0 Å². The normalized spacial score (nSPS) is 41.7. The topological polar surface area (TPSA) is 66.5 Å². The van der Waals surface area contributed by atoms with Crippen molar-refractivity contribution in [3.8, 4) is 0 Å². The fourth-order valence-corrected chi connectivity index (χ4v) is 1.34. The number of nitrogens with two attached hydrogens (primary N) is 1. The minimum absolute atomic E-state index is 0.125. The summed E-state index contributed by atoms with van der Waals surface area (Å²) in [6.45, 7) is -0.125. The first-order valence-corrected chi connectivity index (χ1v) is 3.75. The standard InChI is InChI=1S/C7H15NO2/c8-6-1-3-7(10,5-9)4-2-6/h6,9-10H,1-5,8H2/t6-,7+. The molecule has 0 radical (unpaired) electrons. The van der Waals surface area contributed by atoms with E-state index in [2.05, 4.69) is 0 Å². The average molecular weight is 145 g/mol. The molecule has 0 spiro atoms. The third kappa shape index (κ3) is 1.68. The van der Waals surface area contributed by atoms with Crippen molar-refractivity contribution in [1.82, 2.24) is 0 Å². The van der Waals surface area contributed by atoms with E-state index >= 15 is 0 Å². The molecule has 1 fully saturated rings. The Hall–Kier alpha value is -0.120. The van der Waals surface area contributed by atoms with Crippen LogP contribution < -0.4 is 5.73 Å². The monoisotopic (exact) mass is 145 g/mol. The zero-order valence-electron chi connectivity index (χ0n) is 6.08. The van der Waals surface area contributed by atoms with Gasteiger partial charge < -0.3 is 15.9 Å². The van der Waals surface area contributed by atoms with Crippen LogP contribution in [0.2, 0.25) is 0 Å². The highest BCUT2D eigenvalue weighted by Crippen LogP contribution is 2.26. The van der Waals surface area contributed by atoms with E-state index in [1.54, 1.807) is 0 Å². The van der Waals surface area contributed by atoms with Gasteiger partial charge in [0, 0.05) is 6.04 Å². The third-order valence-electron chi connectivity index (χ3n) is 2.26. The van der Waals surface area contributed by atoms with Gasteiger partial charge in [0.05, 0.1) is 12.2 Å². The quantitative estimate of drug-likeness (QED) is 0.471. The first-order valence-electron chi connectivity index (χ1n) is 3.75. The average Bonchev–Trinajstić information content (AvgIpc) is 1.96. The van der Waals surface area contributed by atoms with E-state index in [-0.39, 0.29) is 12.6 Å². The van der Waals surface area contributed by atoms with Crippen molar-refractivity contribution in [3.05, 3.63) is 0 Å². The molecule has 0 aromatic rings. The second-order valence-corrected chi connectivity index (χ2v) is 3.22. The minimum Gasteiger partial charge on any atom is -0.393 e. The molecule has 1 saturated carbocycles. The van der Waals surface area contributed by atoms with Gasteiger partial charge in [0.1, 0.15) is 0 Å². The van der Waals surface area contributed by atoms with Gasteiger partial charge in [-0.2, -0.15) is 0 Å². The number of hydrogen-bond acceptors (Lipinski definition) is 3. The number of rotatable bonds is 1. The summed E-state index contributed by atoms with van der Waals surface area (Å²) in [4.78, 5) is 0. The Balaban J connectivity index is 2.38.